The van der Waals surface area contributed by atoms with Crippen LogP contribution >= 0.6 is 0 Å². The first kappa shape index (κ1) is 46.2. The van der Waals surface area contributed by atoms with Crippen molar-refractivity contribution in [1.29, 1.82) is 0 Å². The first-order valence-electron chi connectivity index (χ1n) is 23.3. The highest BCUT2D eigenvalue weighted by atomic mass is 15.1. The first-order valence-corrected chi connectivity index (χ1v) is 23.3. The summed E-state index contributed by atoms with van der Waals surface area (Å²) in [5, 5.41) is 0. The number of unbranched alkanes of at least 4 members (excludes halogenated alkanes) is 32. The number of nitrogens with zero attached hydrogens (tertiary/aromatic N) is 1. The van der Waals surface area contributed by atoms with Crippen LogP contribution < -0.4 is 4.57 Å². The number of hydrogen-bond acceptors (Lipinski definition) is 0. The van der Waals surface area contributed by atoms with Crippen molar-refractivity contribution in [3.8, 4) is 0 Å². The van der Waals surface area contributed by atoms with Crippen molar-refractivity contribution in [1.82, 2.24) is 4.98 Å². The van der Waals surface area contributed by atoms with Crippen molar-refractivity contribution in [2.75, 3.05) is 0 Å². The number of rotatable bonds is 40. The molecular weight excluding hydrogens is 593 g/mol. The minimum atomic E-state index is 0.617. The molecule has 0 aliphatic heterocycles. The second-order valence-corrected chi connectivity index (χ2v) is 16.5. The third-order valence-corrected chi connectivity index (χ3v) is 11.6. The highest BCUT2D eigenvalue weighted by Gasteiger charge is 2.25. The standard InChI is InChI=1S/C47H92N2/c1-5-8-11-14-17-20-22-24-26-29-32-35-38-41-46(42-39-36-33-30-27-25-23-21-18-15-12-9-6-2)47-48-43-44-49(47)45(4)40-37-34-31-28-19-16-13-10-7-3/h43-46H,5-42H2,1-4H3/p+1. The Hall–Kier alpha value is -0.790. The molecular formula is C47H93N2+. The molecule has 1 aromatic rings. The van der Waals surface area contributed by atoms with E-state index in [9.17, 15) is 0 Å². The Labute approximate surface area is 310 Å². The summed E-state index contributed by atoms with van der Waals surface area (Å²) in [6.07, 6.45) is 59.1. The van der Waals surface area contributed by atoms with Crippen LogP contribution in [0, 0.1) is 0 Å². The monoisotopic (exact) mass is 686 g/mol. The van der Waals surface area contributed by atoms with E-state index in [1.807, 2.05) is 0 Å². The van der Waals surface area contributed by atoms with Crippen LogP contribution in [0.3, 0.4) is 0 Å². The minimum Gasteiger partial charge on any atom is -0.247 e. The van der Waals surface area contributed by atoms with Gasteiger partial charge >= 0.3 is 0 Å². The summed E-state index contributed by atoms with van der Waals surface area (Å²) in [5.74, 6) is 2.25. The molecule has 0 aromatic carbocycles. The predicted molar refractivity (Wildman–Crippen MR) is 221 cm³/mol. The first-order chi connectivity index (χ1) is 24.2. The molecule has 1 unspecified atom stereocenters. The fourth-order valence-electron chi connectivity index (χ4n) is 8.20. The zero-order chi connectivity index (χ0) is 35.3. The van der Waals surface area contributed by atoms with Gasteiger partial charge in [-0.25, -0.2) is 9.55 Å². The summed E-state index contributed by atoms with van der Waals surface area (Å²) in [5.41, 5.74) is 0. The van der Waals surface area contributed by atoms with Gasteiger partial charge in [0.05, 0.1) is 12.0 Å². The molecule has 0 saturated carbocycles. The van der Waals surface area contributed by atoms with E-state index in [-0.39, 0.29) is 0 Å². The Kier molecular flexibility index (Phi) is 34.9. The van der Waals surface area contributed by atoms with E-state index < -0.39 is 0 Å². The van der Waals surface area contributed by atoms with Gasteiger partial charge in [-0.2, -0.15) is 0 Å². The molecule has 0 saturated heterocycles. The number of H-pyrrole nitrogens is 1. The van der Waals surface area contributed by atoms with Gasteiger partial charge in [-0.05, 0) is 32.6 Å². The van der Waals surface area contributed by atoms with E-state index in [1.54, 1.807) is 5.82 Å². The molecule has 2 heteroatoms. The molecule has 1 N–H and O–H groups in total. The Morgan fingerprint density at radius 2 is 0.653 bits per heavy atom. The van der Waals surface area contributed by atoms with Gasteiger partial charge < -0.3 is 0 Å². The summed E-state index contributed by atoms with van der Waals surface area (Å²) in [6, 6.07) is 0.617. The van der Waals surface area contributed by atoms with Crippen LogP contribution in [0.15, 0.2) is 12.4 Å². The third-order valence-electron chi connectivity index (χ3n) is 11.6. The molecule has 0 amide bonds. The second kappa shape index (κ2) is 37.0. The van der Waals surface area contributed by atoms with E-state index in [0.29, 0.717) is 12.0 Å². The minimum absolute atomic E-state index is 0.617. The smallest absolute Gasteiger partial charge is 0.247 e. The molecule has 1 rings (SSSR count). The maximum Gasteiger partial charge on any atom is 0.257 e. The van der Waals surface area contributed by atoms with Crippen molar-refractivity contribution < 1.29 is 4.57 Å². The molecule has 1 atom stereocenters. The molecule has 0 spiro atoms. The van der Waals surface area contributed by atoms with Crippen LogP contribution in [-0.2, 0) is 0 Å². The van der Waals surface area contributed by atoms with Crippen molar-refractivity contribution in [2.45, 2.75) is 284 Å². The average Bonchev–Trinajstić information content (AvgIpc) is 3.60. The van der Waals surface area contributed by atoms with Gasteiger partial charge in [-0.3, -0.25) is 0 Å². The lowest BCUT2D eigenvalue weighted by Crippen LogP contribution is -2.41. The molecule has 0 aliphatic carbocycles. The molecule has 0 radical (unpaired) electrons. The summed E-state index contributed by atoms with van der Waals surface area (Å²) in [6.45, 7) is 9.43. The van der Waals surface area contributed by atoms with Crippen LogP contribution in [0.5, 0.6) is 0 Å². The summed E-state index contributed by atoms with van der Waals surface area (Å²) in [4.78, 5) is 3.78. The SMILES string of the molecule is CCCCCCCCCCCCCCCC(CCCCCCCCCCCCCCC)c1[nH]cc[n+]1C(C)CCCCCCCCCCC. The van der Waals surface area contributed by atoms with Gasteiger partial charge in [0.25, 0.3) is 5.82 Å². The Morgan fingerprint density at radius 1 is 0.388 bits per heavy atom. The van der Waals surface area contributed by atoms with Gasteiger partial charge in [0.15, 0.2) is 0 Å². The lowest BCUT2D eigenvalue weighted by Gasteiger charge is -2.17. The molecule has 0 aliphatic rings. The van der Waals surface area contributed by atoms with Gasteiger partial charge in [-0.15, -0.1) is 0 Å². The maximum absolute atomic E-state index is 3.78. The number of aromatic nitrogens is 2. The molecule has 290 valence electrons. The van der Waals surface area contributed by atoms with Crippen LogP contribution in [0.1, 0.15) is 289 Å². The summed E-state index contributed by atoms with van der Waals surface area (Å²) >= 11 is 0. The van der Waals surface area contributed by atoms with Crippen molar-refractivity contribution in [3.05, 3.63) is 18.2 Å². The predicted octanol–water partition coefficient (Wildman–Crippen LogP) is 16.8. The number of imidazole rings is 1. The highest BCUT2D eigenvalue weighted by molar-refractivity contribution is 4.90. The zero-order valence-corrected chi connectivity index (χ0v) is 34.6. The third kappa shape index (κ3) is 28.5. The summed E-state index contributed by atoms with van der Waals surface area (Å²) < 4.78 is 2.65. The zero-order valence-electron chi connectivity index (χ0n) is 34.6. The number of nitrogens with one attached hydrogen (secondary N) is 1. The number of aromatic amines is 1. The molecule has 0 fully saturated rings. The fourth-order valence-corrected chi connectivity index (χ4v) is 8.20. The Bertz CT molecular complexity index is 723. The van der Waals surface area contributed by atoms with Crippen LogP contribution in [0.25, 0.3) is 0 Å². The highest BCUT2D eigenvalue weighted by Crippen LogP contribution is 2.28. The van der Waals surface area contributed by atoms with E-state index in [2.05, 4.69) is 49.6 Å². The van der Waals surface area contributed by atoms with Crippen molar-refractivity contribution in [2.24, 2.45) is 0 Å². The van der Waals surface area contributed by atoms with Crippen molar-refractivity contribution in [3.63, 3.8) is 0 Å². The van der Waals surface area contributed by atoms with Gasteiger partial charge in [-0.1, -0.05) is 239 Å². The lowest BCUT2D eigenvalue weighted by atomic mass is 9.92. The van der Waals surface area contributed by atoms with E-state index in [4.69, 9.17) is 0 Å². The fraction of sp³-hybridized carbons (Fsp3) is 0.936. The van der Waals surface area contributed by atoms with Gasteiger partial charge in [0.2, 0.25) is 0 Å². The van der Waals surface area contributed by atoms with Crippen LogP contribution in [-0.4, -0.2) is 4.98 Å². The van der Waals surface area contributed by atoms with Crippen molar-refractivity contribution >= 4 is 0 Å². The Balaban J connectivity index is 2.39. The molecule has 0 bridgehead atoms. The van der Waals surface area contributed by atoms with Crippen LogP contribution in [0.4, 0.5) is 0 Å². The molecule has 1 heterocycles. The van der Waals surface area contributed by atoms with Gasteiger partial charge in [0.1, 0.15) is 12.4 Å². The summed E-state index contributed by atoms with van der Waals surface area (Å²) in [7, 11) is 0. The normalized spacial score (nSPS) is 12.4. The van der Waals surface area contributed by atoms with E-state index >= 15 is 0 Å². The maximum atomic E-state index is 3.78. The molecule has 49 heavy (non-hydrogen) atoms. The van der Waals surface area contributed by atoms with Crippen LogP contribution in [0.2, 0.25) is 0 Å². The Morgan fingerprint density at radius 3 is 0.959 bits per heavy atom. The lowest BCUT2D eigenvalue weighted by molar-refractivity contribution is -0.727. The topological polar surface area (TPSA) is 19.7 Å². The molecule has 1 aromatic heterocycles. The quantitative estimate of drug-likeness (QED) is 0.0524. The van der Waals surface area contributed by atoms with E-state index in [0.717, 1.165) is 0 Å². The van der Waals surface area contributed by atoms with Gasteiger partial charge in [0, 0.05) is 0 Å². The largest absolute Gasteiger partial charge is 0.257 e. The van der Waals surface area contributed by atoms with E-state index in [1.165, 1.54) is 244 Å². The number of hydrogen-bond donors (Lipinski definition) is 1. The average molecular weight is 686 g/mol. The second-order valence-electron chi connectivity index (χ2n) is 16.5. The molecule has 2 nitrogen and oxygen atoms in total.